The van der Waals surface area contributed by atoms with Crippen LogP contribution in [0.4, 0.5) is 5.00 Å². The lowest BCUT2D eigenvalue weighted by Crippen LogP contribution is -1.95. The SMILES string of the molecule is [C-]#[N+]c1sccc1-c1cccc2ccc(C(=O)O)cc12. The number of nitrogens with zero attached hydrogens (tertiary/aromatic N) is 1. The van der Waals surface area contributed by atoms with Crippen LogP contribution in [0.15, 0.2) is 47.8 Å². The predicted molar refractivity (Wildman–Crippen MR) is 80.5 cm³/mol. The standard InChI is InChI=1S/C16H9NO2S/c1-17-15-13(7-8-20-15)12-4-2-3-10-5-6-11(16(18)19)9-14(10)12/h2-9H,(H,18,19). The fourth-order valence-corrected chi connectivity index (χ4v) is 2.92. The molecule has 3 rings (SSSR count). The Morgan fingerprint density at radius 3 is 2.75 bits per heavy atom. The number of carboxylic acid groups (broad SMARTS) is 1. The summed E-state index contributed by atoms with van der Waals surface area (Å²) in [7, 11) is 0. The number of hydrogen-bond acceptors (Lipinski definition) is 2. The van der Waals surface area contributed by atoms with Gasteiger partial charge in [0.1, 0.15) is 0 Å². The van der Waals surface area contributed by atoms with Gasteiger partial charge in [-0.05, 0) is 39.4 Å². The summed E-state index contributed by atoms with van der Waals surface area (Å²) in [6.07, 6.45) is 0. The second-order valence-electron chi connectivity index (χ2n) is 4.30. The zero-order valence-corrected chi connectivity index (χ0v) is 11.1. The second kappa shape index (κ2) is 4.80. The van der Waals surface area contributed by atoms with Gasteiger partial charge < -0.3 is 5.11 Å². The molecule has 0 unspecified atom stereocenters. The molecule has 0 saturated carbocycles. The molecule has 1 aromatic heterocycles. The van der Waals surface area contributed by atoms with E-state index in [1.54, 1.807) is 18.2 Å². The minimum Gasteiger partial charge on any atom is -0.478 e. The van der Waals surface area contributed by atoms with E-state index in [0.717, 1.165) is 21.9 Å². The van der Waals surface area contributed by atoms with Gasteiger partial charge in [0, 0.05) is 0 Å². The van der Waals surface area contributed by atoms with Gasteiger partial charge in [0.2, 0.25) is 5.00 Å². The molecule has 2 aromatic carbocycles. The molecule has 0 radical (unpaired) electrons. The van der Waals surface area contributed by atoms with Crippen molar-refractivity contribution in [3.8, 4) is 11.1 Å². The monoisotopic (exact) mass is 279 g/mol. The van der Waals surface area contributed by atoms with Crippen molar-refractivity contribution in [2.45, 2.75) is 0 Å². The van der Waals surface area contributed by atoms with Crippen molar-refractivity contribution < 1.29 is 9.90 Å². The normalized spacial score (nSPS) is 10.3. The summed E-state index contributed by atoms with van der Waals surface area (Å²) in [6, 6.07) is 12.7. The van der Waals surface area contributed by atoms with Gasteiger partial charge in [-0.15, -0.1) is 0 Å². The lowest BCUT2D eigenvalue weighted by Gasteiger charge is -2.07. The molecule has 3 aromatic rings. The number of fused-ring (bicyclic) bond motifs is 1. The van der Waals surface area contributed by atoms with Crippen molar-refractivity contribution in [3.63, 3.8) is 0 Å². The maximum absolute atomic E-state index is 11.1. The molecule has 0 fully saturated rings. The van der Waals surface area contributed by atoms with Crippen LogP contribution in [0.3, 0.4) is 0 Å². The van der Waals surface area contributed by atoms with Crippen LogP contribution in [0.25, 0.3) is 26.7 Å². The van der Waals surface area contributed by atoms with Crippen molar-refractivity contribution >= 4 is 33.1 Å². The highest BCUT2D eigenvalue weighted by atomic mass is 32.1. The van der Waals surface area contributed by atoms with Crippen molar-refractivity contribution in [3.05, 3.63) is 64.8 Å². The summed E-state index contributed by atoms with van der Waals surface area (Å²) in [4.78, 5) is 14.6. The van der Waals surface area contributed by atoms with Crippen LogP contribution < -0.4 is 0 Å². The van der Waals surface area contributed by atoms with Crippen molar-refractivity contribution in [2.75, 3.05) is 0 Å². The lowest BCUT2D eigenvalue weighted by molar-refractivity contribution is 0.0697. The van der Waals surface area contributed by atoms with Crippen LogP contribution in [0, 0.1) is 6.57 Å². The van der Waals surface area contributed by atoms with Crippen LogP contribution in [0.1, 0.15) is 10.4 Å². The first-order valence-electron chi connectivity index (χ1n) is 5.92. The summed E-state index contributed by atoms with van der Waals surface area (Å²) >= 11 is 1.39. The molecule has 1 N–H and O–H groups in total. The van der Waals surface area contributed by atoms with Gasteiger partial charge in [0.05, 0.1) is 12.1 Å². The second-order valence-corrected chi connectivity index (χ2v) is 5.19. The Morgan fingerprint density at radius 2 is 2.00 bits per heavy atom. The number of carbonyl (C=O) groups is 1. The summed E-state index contributed by atoms with van der Waals surface area (Å²) in [5, 5.41) is 13.4. The molecule has 0 atom stereocenters. The molecule has 0 aliphatic rings. The molecule has 0 saturated heterocycles. The molecule has 0 amide bonds. The maximum Gasteiger partial charge on any atom is 0.335 e. The fourth-order valence-electron chi connectivity index (χ4n) is 2.23. The molecule has 20 heavy (non-hydrogen) atoms. The third kappa shape index (κ3) is 1.94. The molecular weight excluding hydrogens is 270 g/mol. The Balaban J connectivity index is 2.33. The van der Waals surface area contributed by atoms with E-state index in [1.165, 1.54) is 11.3 Å². The highest BCUT2D eigenvalue weighted by molar-refractivity contribution is 7.15. The third-order valence-electron chi connectivity index (χ3n) is 3.17. The van der Waals surface area contributed by atoms with E-state index in [9.17, 15) is 4.79 Å². The van der Waals surface area contributed by atoms with Crippen molar-refractivity contribution in [1.29, 1.82) is 0 Å². The molecule has 0 bridgehead atoms. The highest BCUT2D eigenvalue weighted by Gasteiger charge is 2.11. The average Bonchev–Trinajstić information content (AvgIpc) is 2.94. The molecule has 0 spiro atoms. The van der Waals surface area contributed by atoms with Gasteiger partial charge >= 0.3 is 5.97 Å². The number of hydrogen-bond donors (Lipinski definition) is 1. The smallest absolute Gasteiger partial charge is 0.335 e. The van der Waals surface area contributed by atoms with Crippen LogP contribution in [0.2, 0.25) is 0 Å². The summed E-state index contributed by atoms with van der Waals surface area (Å²) in [5.74, 6) is -0.947. The molecule has 4 heteroatoms. The van der Waals surface area contributed by atoms with E-state index < -0.39 is 5.97 Å². The number of benzene rings is 2. The number of carboxylic acids is 1. The van der Waals surface area contributed by atoms with E-state index in [4.69, 9.17) is 11.7 Å². The van der Waals surface area contributed by atoms with E-state index in [0.29, 0.717) is 5.00 Å². The molecule has 0 aliphatic heterocycles. The Kier molecular flexibility index (Phi) is 2.97. The minimum atomic E-state index is -0.947. The van der Waals surface area contributed by atoms with E-state index in [2.05, 4.69) is 4.85 Å². The van der Waals surface area contributed by atoms with Crippen LogP contribution in [0.5, 0.6) is 0 Å². The zero-order chi connectivity index (χ0) is 14.1. The van der Waals surface area contributed by atoms with Crippen LogP contribution in [-0.4, -0.2) is 11.1 Å². The van der Waals surface area contributed by atoms with Crippen LogP contribution in [-0.2, 0) is 0 Å². The Bertz CT molecular complexity index is 858. The van der Waals surface area contributed by atoms with Crippen molar-refractivity contribution in [1.82, 2.24) is 0 Å². The molecule has 1 heterocycles. The maximum atomic E-state index is 11.1. The van der Waals surface area contributed by atoms with Gasteiger partial charge in [-0.1, -0.05) is 30.3 Å². The van der Waals surface area contributed by atoms with Gasteiger partial charge in [-0.3, -0.25) is 0 Å². The minimum absolute atomic E-state index is 0.254. The summed E-state index contributed by atoms with van der Waals surface area (Å²) in [5.41, 5.74) is 2.01. The van der Waals surface area contributed by atoms with E-state index in [1.807, 2.05) is 29.6 Å². The number of rotatable bonds is 2. The molecular formula is C16H9NO2S. The average molecular weight is 279 g/mol. The summed E-state index contributed by atoms with van der Waals surface area (Å²) in [6.45, 7) is 7.21. The molecule has 96 valence electrons. The zero-order valence-electron chi connectivity index (χ0n) is 10.3. The summed E-state index contributed by atoms with van der Waals surface area (Å²) < 4.78 is 0. The topological polar surface area (TPSA) is 41.7 Å². The Hall–Kier alpha value is -2.64. The number of aromatic carboxylic acids is 1. The Labute approximate surface area is 119 Å². The molecule has 3 nitrogen and oxygen atoms in total. The van der Waals surface area contributed by atoms with Crippen LogP contribution >= 0.6 is 11.3 Å². The molecule has 0 aliphatic carbocycles. The number of thiophene rings is 1. The quantitative estimate of drug-likeness (QED) is 0.683. The predicted octanol–water partition coefficient (Wildman–Crippen LogP) is 4.82. The van der Waals surface area contributed by atoms with Gasteiger partial charge in [-0.25, -0.2) is 9.64 Å². The van der Waals surface area contributed by atoms with Gasteiger partial charge in [0.25, 0.3) is 0 Å². The van der Waals surface area contributed by atoms with Gasteiger partial charge in [-0.2, -0.15) is 11.3 Å². The van der Waals surface area contributed by atoms with Crippen molar-refractivity contribution in [2.24, 2.45) is 0 Å². The third-order valence-corrected chi connectivity index (χ3v) is 3.97. The lowest BCUT2D eigenvalue weighted by atomic mass is 9.98. The first-order chi connectivity index (χ1) is 9.70. The van der Waals surface area contributed by atoms with Gasteiger partial charge in [0.15, 0.2) is 0 Å². The highest BCUT2D eigenvalue weighted by Crippen LogP contribution is 2.39. The Morgan fingerprint density at radius 1 is 1.15 bits per heavy atom. The first-order valence-corrected chi connectivity index (χ1v) is 6.80. The largest absolute Gasteiger partial charge is 0.478 e. The van der Waals surface area contributed by atoms with E-state index >= 15 is 0 Å². The van der Waals surface area contributed by atoms with E-state index in [-0.39, 0.29) is 5.56 Å². The fraction of sp³-hybridized carbons (Fsp3) is 0. The first kappa shape index (κ1) is 12.4.